The van der Waals surface area contributed by atoms with Crippen molar-refractivity contribution in [3.8, 4) is 5.69 Å². The Morgan fingerprint density at radius 1 is 1.14 bits per heavy atom. The number of hydrogen-bond donors (Lipinski definition) is 0. The molecule has 1 aromatic carbocycles. The van der Waals surface area contributed by atoms with E-state index in [1.165, 1.54) is 0 Å². The van der Waals surface area contributed by atoms with Gasteiger partial charge in [-0.25, -0.2) is 14.6 Å². The van der Waals surface area contributed by atoms with E-state index in [9.17, 15) is 4.79 Å². The van der Waals surface area contributed by atoms with Crippen molar-refractivity contribution < 1.29 is 4.79 Å². The predicted molar refractivity (Wildman–Crippen MR) is 113 cm³/mol. The smallest absolute Gasteiger partial charge is 0.225 e. The third-order valence-corrected chi connectivity index (χ3v) is 5.84. The van der Waals surface area contributed by atoms with Crippen LogP contribution in [0.1, 0.15) is 25.1 Å². The zero-order chi connectivity index (χ0) is 20.0. The van der Waals surface area contributed by atoms with Gasteiger partial charge in [0.25, 0.3) is 0 Å². The number of halogens is 1. The number of fused-ring (bicyclic) bond motifs is 1. The van der Waals surface area contributed by atoms with Crippen molar-refractivity contribution in [3.63, 3.8) is 0 Å². The second kappa shape index (κ2) is 7.30. The number of hydrogen-bond acceptors (Lipinski definition) is 5. The van der Waals surface area contributed by atoms with Crippen LogP contribution in [0.15, 0.2) is 30.5 Å². The normalized spacial score (nSPS) is 17.6. The molecule has 1 saturated heterocycles. The molecule has 150 valence electrons. The van der Waals surface area contributed by atoms with Crippen LogP contribution in [0.3, 0.4) is 0 Å². The lowest BCUT2D eigenvalue weighted by Gasteiger charge is -2.23. The summed E-state index contributed by atoms with van der Waals surface area (Å²) < 4.78 is 1.81. The van der Waals surface area contributed by atoms with E-state index in [0.717, 1.165) is 68.0 Å². The van der Waals surface area contributed by atoms with E-state index < -0.39 is 0 Å². The van der Waals surface area contributed by atoms with Crippen molar-refractivity contribution in [2.24, 2.45) is 5.92 Å². The third kappa shape index (κ3) is 3.55. The topological polar surface area (TPSA) is 67.2 Å². The summed E-state index contributed by atoms with van der Waals surface area (Å²) >= 11 is 6.17. The highest BCUT2D eigenvalue weighted by molar-refractivity contribution is 6.30. The Morgan fingerprint density at radius 2 is 2.00 bits per heavy atom. The minimum Gasteiger partial charge on any atom is -0.354 e. The Bertz CT molecular complexity index is 1080. The molecule has 2 aliphatic rings. The zero-order valence-corrected chi connectivity index (χ0v) is 17.1. The summed E-state index contributed by atoms with van der Waals surface area (Å²) in [5.74, 6) is 2.18. The van der Waals surface area contributed by atoms with Crippen LogP contribution < -0.4 is 4.90 Å². The van der Waals surface area contributed by atoms with Crippen LogP contribution in [-0.2, 0) is 4.79 Å². The lowest BCUT2D eigenvalue weighted by molar-refractivity contribution is -0.132. The van der Waals surface area contributed by atoms with Crippen LogP contribution >= 0.6 is 11.6 Å². The van der Waals surface area contributed by atoms with Crippen molar-refractivity contribution in [2.45, 2.75) is 26.2 Å². The van der Waals surface area contributed by atoms with Crippen molar-refractivity contribution in [3.05, 3.63) is 41.3 Å². The molecule has 0 radical (unpaired) electrons. The van der Waals surface area contributed by atoms with E-state index in [-0.39, 0.29) is 5.92 Å². The van der Waals surface area contributed by atoms with E-state index in [1.807, 2.05) is 42.3 Å². The van der Waals surface area contributed by atoms with E-state index in [1.54, 1.807) is 4.68 Å². The van der Waals surface area contributed by atoms with E-state index in [2.05, 4.69) is 15.0 Å². The highest BCUT2D eigenvalue weighted by Gasteiger charge is 2.34. The van der Waals surface area contributed by atoms with Gasteiger partial charge in [-0.3, -0.25) is 4.79 Å². The van der Waals surface area contributed by atoms with Crippen molar-refractivity contribution in [2.75, 3.05) is 31.1 Å². The fourth-order valence-electron chi connectivity index (χ4n) is 3.98. The Hall–Kier alpha value is -2.67. The fraction of sp³-hybridized carbons (Fsp3) is 0.429. The molecule has 0 unspecified atom stereocenters. The van der Waals surface area contributed by atoms with Crippen molar-refractivity contribution >= 4 is 34.4 Å². The molecule has 0 atom stereocenters. The molecule has 0 N–H and O–H groups in total. The van der Waals surface area contributed by atoms with E-state index in [0.29, 0.717) is 16.8 Å². The average Bonchev–Trinajstić information content (AvgIpc) is 3.50. The highest BCUT2D eigenvalue weighted by Crippen LogP contribution is 2.32. The van der Waals surface area contributed by atoms with Gasteiger partial charge in [-0.1, -0.05) is 17.7 Å². The molecule has 8 heteroatoms. The number of rotatable bonds is 3. The first kappa shape index (κ1) is 18.4. The molecule has 0 spiro atoms. The summed E-state index contributed by atoms with van der Waals surface area (Å²) in [5, 5.41) is 6.14. The molecule has 3 heterocycles. The number of aromatic nitrogens is 4. The second-order valence-electron chi connectivity index (χ2n) is 7.81. The van der Waals surface area contributed by atoms with Gasteiger partial charge in [-0.15, -0.1) is 0 Å². The lowest BCUT2D eigenvalue weighted by atomic mass is 10.3. The van der Waals surface area contributed by atoms with Crippen LogP contribution in [0.2, 0.25) is 5.02 Å². The van der Waals surface area contributed by atoms with Gasteiger partial charge in [-0.2, -0.15) is 5.10 Å². The summed E-state index contributed by atoms with van der Waals surface area (Å²) in [5.41, 5.74) is 1.64. The molecule has 2 fully saturated rings. The summed E-state index contributed by atoms with van der Waals surface area (Å²) in [7, 11) is 0. The molecule has 1 aliphatic heterocycles. The number of aryl methyl sites for hydroxylation is 1. The molecular weight excluding hydrogens is 388 g/mol. The summed E-state index contributed by atoms with van der Waals surface area (Å²) in [6.07, 6.45) is 4.86. The molecular formula is C21H23ClN6O. The Kier molecular flexibility index (Phi) is 4.62. The van der Waals surface area contributed by atoms with Gasteiger partial charge in [-0.05, 0) is 44.4 Å². The summed E-state index contributed by atoms with van der Waals surface area (Å²) in [6, 6.07) is 7.58. The SMILES string of the molecule is Cc1nc(N2CCCN(C(=O)C3CC3)CC2)c2cnn(-c3cccc(Cl)c3)c2n1. The van der Waals surface area contributed by atoms with Crippen LogP contribution in [0.4, 0.5) is 5.82 Å². The van der Waals surface area contributed by atoms with Gasteiger partial charge >= 0.3 is 0 Å². The molecule has 0 bridgehead atoms. The molecule has 2 aromatic heterocycles. The third-order valence-electron chi connectivity index (χ3n) is 5.61. The monoisotopic (exact) mass is 410 g/mol. The van der Waals surface area contributed by atoms with Gasteiger partial charge in [0.2, 0.25) is 5.91 Å². The standard InChI is InChI=1S/C21H23ClN6O/c1-14-24-19(26-8-3-9-27(11-10-26)21(29)15-6-7-15)18-13-23-28(20(18)25-14)17-5-2-4-16(22)12-17/h2,4-5,12-13,15H,3,6-11H2,1H3. The quantitative estimate of drug-likeness (QED) is 0.663. The van der Waals surface area contributed by atoms with Crippen LogP contribution in [0.25, 0.3) is 16.7 Å². The highest BCUT2D eigenvalue weighted by atomic mass is 35.5. The van der Waals surface area contributed by atoms with E-state index >= 15 is 0 Å². The fourth-order valence-corrected chi connectivity index (χ4v) is 4.16. The minimum atomic E-state index is 0.269. The first-order valence-electron chi connectivity index (χ1n) is 10.1. The maximum atomic E-state index is 12.5. The Balaban J connectivity index is 1.48. The van der Waals surface area contributed by atoms with Crippen molar-refractivity contribution in [1.29, 1.82) is 0 Å². The predicted octanol–water partition coefficient (Wildman–Crippen LogP) is 3.23. The van der Waals surface area contributed by atoms with Gasteiger partial charge in [0, 0.05) is 37.1 Å². The van der Waals surface area contributed by atoms with E-state index in [4.69, 9.17) is 16.6 Å². The van der Waals surface area contributed by atoms with Crippen LogP contribution in [-0.4, -0.2) is 56.7 Å². The molecule has 29 heavy (non-hydrogen) atoms. The van der Waals surface area contributed by atoms with Crippen molar-refractivity contribution in [1.82, 2.24) is 24.6 Å². The molecule has 1 amide bonds. The lowest BCUT2D eigenvalue weighted by Crippen LogP contribution is -2.36. The Labute approximate surface area is 174 Å². The maximum absolute atomic E-state index is 12.5. The number of anilines is 1. The Morgan fingerprint density at radius 3 is 2.79 bits per heavy atom. The molecule has 7 nitrogen and oxygen atoms in total. The van der Waals surface area contributed by atoms with Crippen LogP contribution in [0, 0.1) is 12.8 Å². The van der Waals surface area contributed by atoms with Crippen LogP contribution in [0.5, 0.6) is 0 Å². The molecule has 1 aliphatic carbocycles. The zero-order valence-electron chi connectivity index (χ0n) is 16.4. The minimum absolute atomic E-state index is 0.269. The number of carbonyl (C=O) groups is 1. The van der Waals surface area contributed by atoms with Gasteiger partial charge in [0.1, 0.15) is 11.6 Å². The first-order valence-corrected chi connectivity index (χ1v) is 10.5. The molecule has 5 rings (SSSR count). The second-order valence-corrected chi connectivity index (χ2v) is 8.24. The number of nitrogens with zero attached hydrogens (tertiary/aromatic N) is 6. The summed E-state index contributed by atoms with van der Waals surface area (Å²) in [6.45, 7) is 5.09. The number of amides is 1. The van der Waals surface area contributed by atoms with Gasteiger partial charge < -0.3 is 9.80 Å². The van der Waals surface area contributed by atoms with Gasteiger partial charge in [0.05, 0.1) is 17.3 Å². The maximum Gasteiger partial charge on any atom is 0.225 e. The molecule has 1 saturated carbocycles. The first-order chi connectivity index (χ1) is 14.1. The number of carbonyl (C=O) groups excluding carboxylic acids is 1. The van der Waals surface area contributed by atoms with Gasteiger partial charge in [0.15, 0.2) is 5.65 Å². The number of benzene rings is 1. The summed E-state index contributed by atoms with van der Waals surface area (Å²) in [4.78, 5) is 26.2. The average molecular weight is 411 g/mol. The molecule has 3 aromatic rings. The largest absolute Gasteiger partial charge is 0.354 e.